The Morgan fingerprint density at radius 1 is 1.12 bits per heavy atom. The maximum Gasteiger partial charge on any atom is 0.231 e. The third kappa shape index (κ3) is 8.04. The fourth-order valence-electron chi connectivity index (χ4n) is 2.98. The Hall–Kier alpha value is -2.79. The van der Waals surface area contributed by atoms with Gasteiger partial charge >= 0.3 is 0 Å². The summed E-state index contributed by atoms with van der Waals surface area (Å²) in [4.78, 5) is 16.3. The zero-order valence-electron chi connectivity index (χ0n) is 17.6. The summed E-state index contributed by atoms with van der Waals surface area (Å²) in [7, 11) is -3.39. The summed E-state index contributed by atoms with van der Waals surface area (Å²) in [6.45, 7) is 1.21. The molecule has 8 nitrogen and oxygen atoms in total. The topological polar surface area (TPSA) is 120 Å². The number of aromatic nitrogens is 1. The maximum absolute atomic E-state index is 12.2. The number of benzene rings is 2. The van der Waals surface area contributed by atoms with E-state index in [9.17, 15) is 18.3 Å². The van der Waals surface area contributed by atoms with Gasteiger partial charge in [-0.1, -0.05) is 42.5 Å². The molecule has 4 N–H and O–H groups in total. The fourth-order valence-corrected chi connectivity index (χ4v) is 4.55. The molecule has 1 aromatic heterocycles. The van der Waals surface area contributed by atoms with Gasteiger partial charge in [0.25, 0.3) is 0 Å². The molecule has 0 aliphatic heterocycles. The molecule has 10 heteroatoms. The second kappa shape index (κ2) is 11.2. The average Bonchev–Trinajstić information content (AvgIpc) is 3.17. The van der Waals surface area contributed by atoms with Crippen LogP contribution in [0.15, 0.2) is 60.0 Å². The lowest BCUT2D eigenvalue weighted by Crippen LogP contribution is -2.23. The lowest BCUT2D eigenvalue weighted by molar-refractivity contribution is -0.115. The van der Waals surface area contributed by atoms with Gasteiger partial charge in [0, 0.05) is 17.6 Å². The molecule has 0 saturated heterocycles. The molecule has 1 heterocycles. The average molecular weight is 475 g/mol. The van der Waals surface area contributed by atoms with Crippen molar-refractivity contribution in [2.75, 3.05) is 29.4 Å². The molecule has 0 radical (unpaired) electrons. The van der Waals surface area contributed by atoms with Crippen molar-refractivity contribution in [2.45, 2.75) is 18.9 Å². The SMILES string of the molecule is CS(=O)(=O)Nc1nc(CC(=O)Nc2ccc(CCNCC(O)c3ccccc3)cc2)cs1. The molecular weight excluding hydrogens is 448 g/mol. The van der Waals surface area contributed by atoms with E-state index in [4.69, 9.17) is 0 Å². The molecule has 0 aliphatic carbocycles. The van der Waals surface area contributed by atoms with Crippen molar-refractivity contribution in [3.63, 3.8) is 0 Å². The molecule has 0 saturated carbocycles. The van der Waals surface area contributed by atoms with Crippen molar-refractivity contribution >= 4 is 38.1 Å². The zero-order chi connectivity index (χ0) is 23.0. The van der Waals surface area contributed by atoms with Crippen molar-refractivity contribution in [1.82, 2.24) is 10.3 Å². The van der Waals surface area contributed by atoms with E-state index in [0.717, 1.165) is 41.7 Å². The summed E-state index contributed by atoms with van der Waals surface area (Å²) in [6.07, 6.45) is 1.36. The number of amides is 1. The second-order valence-corrected chi connectivity index (χ2v) is 9.93. The molecule has 1 unspecified atom stereocenters. The van der Waals surface area contributed by atoms with Crippen LogP contribution < -0.4 is 15.4 Å². The van der Waals surface area contributed by atoms with Crippen LogP contribution in [0.5, 0.6) is 0 Å². The van der Waals surface area contributed by atoms with E-state index in [0.29, 0.717) is 17.9 Å². The number of hydrogen-bond acceptors (Lipinski definition) is 7. The molecular formula is C22H26N4O4S2. The molecule has 0 spiro atoms. The minimum atomic E-state index is -3.39. The van der Waals surface area contributed by atoms with Crippen LogP contribution in [0, 0.1) is 0 Å². The fraction of sp³-hybridized carbons (Fsp3) is 0.273. The zero-order valence-corrected chi connectivity index (χ0v) is 19.2. The first kappa shape index (κ1) is 23.9. The maximum atomic E-state index is 12.2. The van der Waals surface area contributed by atoms with Gasteiger partial charge < -0.3 is 15.7 Å². The molecule has 2 aromatic carbocycles. The van der Waals surface area contributed by atoms with Crippen LogP contribution in [0.4, 0.5) is 10.8 Å². The van der Waals surface area contributed by atoms with Gasteiger partial charge in [-0.25, -0.2) is 13.4 Å². The molecule has 1 atom stereocenters. The second-order valence-electron chi connectivity index (χ2n) is 7.32. The van der Waals surface area contributed by atoms with E-state index in [1.165, 1.54) is 0 Å². The van der Waals surface area contributed by atoms with Gasteiger partial charge in [-0.15, -0.1) is 11.3 Å². The van der Waals surface area contributed by atoms with Gasteiger partial charge in [-0.2, -0.15) is 0 Å². The molecule has 0 bridgehead atoms. The first-order chi connectivity index (χ1) is 15.3. The molecule has 0 fully saturated rings. The highest BCUT2D eigenvalue weighted by Gasteiger charge is 2.11. The summed E-state index contributed by atoms with van der Waals surface area (Å²) in [5, 5.41) is 18.1. The Labute approximate surface area is 191 Å². The summed E-state index contributed by atoms with van der Waals surface area (Å²) in [5.74, 6) is -0.231. The highest BCUT2D eigenvalue weighted by molar-refractivity contribution is 7.92. The first-order valence-corrected chi connectivity index (χ1v) is 12.8. The summed E-state index contributed by atoms with van der Waals surface area (Å²) in [6, 6.07) is 17.1. The van der Waals surface area contributed by atoms with E-state index in [1.54, 1.807) is 5.38 Å². The van der Waals surface area contributed by atoms with Crippen molar-refractivity contribution in [2.24, 2.45) is 0 Å². The molecule has 3 aromatic rings. The van der Waals surface area contributed by atoms with Crippen molar-refractivity contribution in [1.29, 1.82) is 0 Å². The minimum Gasteiger partial charge on any atom is -0.387 e. The van der Waals surface area contributed by atoms with Gasteiger partial charge in [0.05, 0.1) is 24.5 Å². The number of sulfonamides is 1. The number of anilines is 2. The molecule has 1 amide bonds. The van der Waals surface area contributed by atoms with Crippen molar-refractivity contribution in [3.05, 3.63) is 76.8 Å². The lowest BCUT2D eigenvalue weighted by Gasteiger charge is -2.12. The lowest BCUT2D eigenvalue weighted by atomic mass is 10.1. The van der Waals surface area contributed by atoms with Gasteiger partial charge in [0.1, 0.15) is 0 Å². The first-order valence-electron chi connectivity index (χ1n) is 10.0. The van der Waals surface area contributed by atoms with E-state index in [2.05, 4.69) is 20.3 Å². The van der Waals surface area contributed by atoms with Crippen LogP contribution in [-0.2, 0) is 27.7 Å². The summed E-state index contributed by atoms with van der Waals surface area (Å²) in [5.41, 5.74) is 3.18. The molecule has 0 aliphatic rings. The van der Waals surface area contributed by atoms with Gasteiger partial charge in [0.15, 0.2) is 5.13 Å². The van der Waals surface area contributed by atoms with Crippen molar-refractivity contribution < 1.29 is 18.3 Å². The third-order valence-corrected chi connectivity index (χ3v) is 6.02. The van der Waals surface area contributed by atoms with Crippen LogP contribution >= 0.6 is 11.3 Å². The van der Waals surface area contributed by atoms with E-state index >= 15 is 0 Å². The quantitative estimate of drug-likeness (QED) is 0.317. The Balaban J connectivity index is 1.40. The number of nitrogens with one attached hydrogen (secondary N) is 3. The smallest absolute Gasteiger partial charge is 0.231 e. The minimum absolute atomic E-state index is 0.0529. The predicted octanol–water partition coefficient (Wildman–Crippen LogP) is 2.56. The molecule has 170 valence electrons. The Morgan fingerprint density at radius 3 is 2.53 bits per heavy atom. The number of aliphatic hydroxyl groups excluding tert-OH is 1. The summed E-state index contributed by atoms with van der Waals surface area (Å²) >= 11 is 1.13. The number of carbonyl (C=O) groups excluding carboxylic acids is 1. The Bertz CT molecular complexity index is 1120. The molecule has 3 rings (SSSR count). The Kier molecular flexibility index (Phi) is 8.34. The predicted molar refractivity (Wildman–Crippen MR) is 127 cm³/mol. The van der Waals surface area contributed by atoms with Gasteiger partial charge in [-0.3, -0.25) is 9.52 Å². The van der Waals surface area contributed by atoms with E-state index < -0.39 is 16.1 Å². The normalized spacial score (nSPS) is 12.3. The highest BCUT2D eigenvalue weighted by atomic mass is 32.2. The summed E-state index contributed by atoms with van der Waals surface area (Å²) < 4.78 is 24.8. The monoisotopic (exact) mass is 474 g/mol. The van der Waals surface area contributed by atoms with Crippen LogP contribution in [-0.4, -0.2) is 43.8 Å². The Morgan fingerprint density at radius 2 is 1.84 bits per heavy atom. The van der Waals surface area contributed by atoms with Gasteiger partial charge in [-0.05, 0) is 36.2 Å². The van der Waals surface area contributed by atoms with Crippen LogP contribution in [0.2, 0.25) is 0 Å². The number of thiazole rings is 1. The van der Waals surface area contributed by atoms with E-state index in [-0.39, 0.29) is 17.5 Å². The molecule has 32 heavy (non-hydrogen) atoms. The van der Waals surface area contributed by atoms with Crippen LogP contribution in [0.3, 0.4) is 0 Å². The largest absolute Gasteiger partial charge is 0.387 e. The van der Waals surface area contributed by atoms with Crippen LogP contribution in [0.25, 0.3) is 0 Å². The number of hydrogen-bond donors (Lipinski definition) is 4. The highest BCUT2D eigenvalue weighted by Crippen LogP contribution is 2.17. The number of rotatable bonds is 11. The third-order valence-electron chi connectivity index (χ3n) is 4.52. The number of carbonyl (C=O) groups is 1. The standard InChI is InChI=1S/C22H26N4O4S2/c1-32(29,30)26-22-25-19(15-31-22)13-21(28)24-18-9-7-16(8-10-18)11-12-23-14-20(27)17-5-3-2-4-6-17/h2-10,15,20,23,27H,11-14H2,1H3,(H,24,28)(H,25,26). The van der Waals surface area contributed by atoms with Crippen molar-refractivity contribution in [3.8, 4) is 0 Å². The number of aliphatic hydroxyl groups is 1. The van der Waals surface area contributed by atoms with E-state index in [1.807, 2.05) is 54.6 Å². The van der Waals surface area contributed by atoms with Gasteiger partial charge in [0.2, 0.25) is 15.9 Å². The number of nitrogens with zero attached hydrogens (tertiary/aromatic N) is 1. The van der Waals surface area contributed by atoms with Crippen LogP contribution in [0.1, 0.15) is 22.9 Å².